The summed E-state index contributed by atoms with van der Waals surface area (Å²) in [5.41, 5.74) is 1.43. The maximum Gasteiger partial charge on any atom is 0.229 e. The van der Waals surface area contributed by atoms with Crippen molar-refractivity contribution in [1.29, 1.82) is 0 Å². The topological polar surface area (TPSA) is 50.7 Å². The minimum Gasteiger partial charge on any atom is -0.391 e. The van der Waals surface area contributed by atoms with Gasteiger partial charge in [0.15, 0.2) is 0 Å². The third-order valence-electron chi connectivity index (χ3n) is 2.79. The van der Waals surface area contributed by atoms with Crippen molar-refractivity contribution in [3.05, 3.63) is 63.1 Å². The van der Waals surface area contributed by atoms with Crippen LogP contribution >= 0.6 is 34.8 Å². The first kappa shape index (κ1) is 17.6. The van der Waals surface area contributed by atoms with Crippen molar-refractivity contribution in [1.82, 2.24) is 0 Å². The summed E-state index contributed by atoms with van der Waals surface area (Å²) in [7, 11) is 0. The van der Waals surface area contributed by atoms with Crippen molar-refractivity contribution in [2.75, 3.05) is 5.32 Å². The quantitative estimate of drug-likeness (QED) is 0.562. The van der Waals surface area contributed by atoms with Gasteiger partial charge in [0.1, 0.15) is 6.61 Å². The first-order valence-electron chi connectivity index (χ1n) is 6.68. The van der Waals surface area contributed by atoms with Crippen LogP contribution < -0.4 is 5.32 Å². The molecular formula is C16H13Cl3N2O2. The summed E-state index contributed by atoms with van der Waals surface area (Å²) in [5, 5.41) is 8.11. The molecule has 0 aliphatic heterocycles. The Morgan fingerprint density at radius 3 is 2.48 bits per heavy atom. The van der Waals surface area contributed by atoms with Gasteiger partial charge >= 0.3 is 0 Å². The number of hydrogen-bond donors (Lipinski definition) is 1. The first-order chi connectivity index (χ1) is 11.0. The van der Waals surface area contributed by atoms with Crippen molar-refractivity contribution >= 4 is 52.6 Å². The van der Waals surface area contributed by atoms with E-state index in [0.29, 0.717) is 20.8 Å². The zero-order valence-electron chi connectivity index (χ0n) is 11.9. The van der Waals surface area contributed by atoms with Crippen LogP contribution in [0.1, 0.15) is 12.0 Å². The number of nitrogens with one attached hydrogen (secondary N) is 1. The number of rotatable bonds is 6. The highest BCUT2D eigenvalue weighted by Crippen LogP contribution is 2.21. The molecule has 0 aromatic heterocycles. The van der Waals surface area contributed by atoms with Crippen LogP contribution in [0.5, 0.6) is 0 Å². The molecule has 120 valence electrons. The maximum absolute atomic E-state index is 11.7. The van der Waals surface area contributed by atoms with Gasteiger partial charge in [-0.3, -0.25) is 4.79 Å². The van der Waals surface area contributed by atoms with E-state index in [0.717, 1.165) is 5.56 Å². The fourth-order valence-electron chi connectivity index (χ4n) is 1.66. The number of oxime groups is 1. The van der Waals surface area contributed by atoms with Gasteiger partial charge in [-0.25, -0.2) is 0 Å². The van der Waals surface area contributed by atoms with E-state index in [2.05, 4.69) is 10.5 Å². The van der Waals surface area contributed by atoms with Gasteiger partial charge in [-0.2, -0.15) is 0 Å². The largest absolute Gasteiger partial charge is 0.391 e. The van der Waals surface area contributed by atoms with Gasteiger partial charge in [0, 0.05) is 26.3 Å². The average molecular weight is 372 g/mol. The van der Waals surface area contributed by atoms with Gasteiger partial charge in [-0.1, -0.05) is 46.0 Å². The Hall–Kier alpha value is -1.75. The van der Waals surface area contributed by atoms with Gasteiger partial charge in [0.25, 0.3) is 0 Å². The fraction of sp³-hybridized carbons (Fsp3) is 0.125. The molecule has 0 atom stereocenters. The van der Waals surface area contributed by atoms with E-state index in [9.17, 15) is 4.79 Å². The summed E-state index contributed by atoms with van der Waals surface area (Å²) in [6.07, 6.45) is 1.48. The molecule has 4 nitrogen and oxygen atoms in total. The molecule has 0 bridgehead atoms. The Balaban J connectivity index is 1.73. The van der Waals surface area contributed by atoms with Crippen LogP contribution in [0.15, 0.2) is 47.6 Å². The summed E-state index contributed by atoms with van der Waals surface area (Å²) in [6, 6.07) is 11.9. The predicted molar refractivity (Wildman–Crippen MR) is 94.4 cm³/mol. The lowest BCUT2D eigenvalue weighted by atomic mass is 10.2. The van der Waals surface area contributed by atoms with Crippen molar-refractivity contribution in [2.45, 2.75) is 13.0 Å². The van der Waals surface area contributed by atoms with Gasteiger partial charge in [-0.05, 0) is 36.4 Å². The summed E-state index contributed by atoms with van der Waals surface area (Å²) < 4.78 is 0. The van der Waals surface area contributed by atoms with E-state index >= 15 is 0 Å². The molecule has 23 heavy (non-hydrogen) atoms. The standard InChI is InChI=1S/C16H13Cl3N2O2/c17-12-3-5-14(6-4-12)21-16(22)7-8-20-23-10-11-1-2-13(18)9-15(11)19/h1-6,8-9H,7,10H2,(H,21,22). The zero-order valence-corrected chi connectivity index (χ0v) is 14.2. The lowest BCUT2D eigenvalue weighted by molar-refractivity contribution is -0.115. The Morgan fingerprint density at radius 1 is 1.09 bits per heavy atom. The molecule has 2 aromatic carbocycles. The third-order valence-corrected chi connectivity index (χ3v) is 3.63. The number of hydrogen-bond acceptors (Lipinski definition) is 3. The predicted octanol–water partition coefficient (Wildman–Crippen LogP) is 5.18. The zero-order chi connectivity index (χ0) is 16.7. The molecule has 0 saturated heterocycles. The van der Waals surface area contributed by atoms with Gasteiger partial charge < -0.3 is 10.2 Å². The van der Waals surface area contributed by atoms with Crippen LogP contribution in [0.3, 0.4) is 0 Å². The molecule has 0 heterocycles. The molecule has 7 heteroatoms. The minimum atomic E-state index is -0.204. The number of halogens is 3. The third kappa shape index (κ3) is 6.10. The molecular weight excluding hydrogens is 359 g/mol. The van der Waals surface area contributed by atoms with Crippen LogP contribution in [0.25, 0.3) is 0 Å². The SMILES string of the molecule is O=C(CC=NOCc1ccc(Cl)cc1Cl)Nc1ccc(Cl)cc1. The molecule has 0 unspecified atom stereocenters. The second-order valence-corrected chi connectivity index (χ2v) is 5.84. The van der Waals surface area contributed by atoms with Crippen molar-refractivity contribution in [3.63, 3.8) is 0 Å². The summed E-state index contributed by atoms with van der Waals surface area (Å²) in [6.45, 7) is 0.200. The first-order valence-corrected chi connectivity index (χ1v) is 7.81. The Bertz CT molecular complexity index is 703. The minimum absolute atomic E-state index is 0.0942. The lowest BCUT2D eigenvalue weighted by Gasteiger charge is -2.04. The molecule has 0 spiro atoms. The van der Waals surface area contributed by atoms with Crippen LogP contribution in [-0.4, -0.2) is 12.1 Å². The van der Waals surface area contributed by atoms with Crippen LogP contribution in [-0.2, 0) is 16.2 Å². The van der Waals surface area contributed by atoms with E-state index in [1.807, 2.05) is 0 Å². The lowest BCUT2D eigenvalue weighted by Crippen LogP contribution is -2.11. The summed E-state index contributed by atoms with van der Waals surface area (Å²) >= 11 is 17.6. The highest BCUT2D eigenvalue weighted by Gasteiger charge is 2.02. The number of nitrogens with zero attached hydrogens (tertiary/aromatic N) is 1. The van der Waals surface area contributed by atoms with E-state index in [1.54, 1.807) is 42.5 Å². The van der Waals surface area contributed by atoms with E-state index in [1.165, 1.54) is 6.21 Å². The Morgan fingerprint density at radius 2 is 1.78 bits per heavy atom. The molecule has 2 aromatic rings. The molecule has 1 N–H and O–H groups in total. The van der Waals surface area contributed by atoms with Gasteiger partial charge in [0.05, 0.1) is 12.6 Å². The maximum atomic E-state index is 11.7. The Labute approximate surface area is 149 Å². The Kier molecular flexibility index (Phi) is 6.71. The summed E-state index contributed by atoms with van der Waals surface area (Å²) in [4.78, 5) is 16.8. The highest BCUT2D eigenvalue weighted by molar-refractivity contribution is 6.35. The van der Waals surface area contributed by atoms with Crippen LogP contribution in [0, 0.1) is 0 Å². The summed E-state index contributed by atoms with van der Waals surface area (Å²) in [5.74, 6) is -0.204. The molecule has 0 saturated carbocycles. The normalized spacial score (nSPS) is 10.7. The van der Waals surface area contributed by atoms with Crippen molar-refractivity contribution in [2.24, 2.45) is 5.16 Å². The molecule has 0 aliphatic carbocycles. The second-order valence-electron chi connectivity index (χ2n) is 4.56. The number of amides is 1. The van der Waals surface area contributed by atoms with E-state index in [-0.39, 0.29) is 18.9 Å². The monoisotopic (exact) mass is 370 g/mol. The van der Waals surface area contributed by atoms with Gasteiger partial charge in [-0.15, -0.1) is 0 Å². The second kappa shape index (κ2) is 8.77. The average Bonchev–Trinajstić information content (AvgIpc) is 2.51. The molecule has 0 radical (unpaired) electrons. The van der Waals surface area contributed by atoms with Crippen LogP contribution in [0.2, 0.25) is 15.1 Å². The van der Waals surface area contributed by atoms with Crippen molar-refractivity contribution in [3.8, 4) is 0 Å². The number of anilines is 1. The van der Waals surface area contributed by atoms with E-state index < -0.39 is 0 Å². The molecule has 2 rings (SSSR count). The molecule has 0 aliphatic rings. The fourth-order valence-corrected chi connectivity index (χ4v) is 2.25. The highest BCUT2D eigenvalue weighted by atomic mass is 35.5. The van der Waals surface area contributed by atoms with Crippen LogP contribution in [0.4, 0.5) is 5.69 Å². The number of carbonyl (C=O) groups excluding carboxylic acids is 1. The smallest absolute Gasteiger partial charge is 0.229 e. The van der Waals surface area contributed by atoms with Crippen molar-refractivity contribution < 1.29 is 9.63 Å². The molecule has 0 fully saturated rings. The van der Waals surface area contributed by atoms with E-state index in [4.69, 9.17) is 39.6 Å². The van der Waals surface area contributed by atoms with Gasteiger partial charge in [0.2, 0.25) is 5.91 Å². The molecule has 1 amide bonds. The number of benzene rings is 2. The number of carbonyl (C=O) groups is 1.